The zero-order valence-corrected chi connectivity index (χ0v) is 12.3. The fraction of sp³-hybridized carbons (Fsp3) is 0.500. The lowest BCUT2D eigenvalue weighted by atomic mass is 10.1. The van der Waals surface area contributed by atoms with Crippen molar-refractivity contribution in [3.05, 3.63) is 29.3 Å². The minimum absolute atomic E-state index is 0.788. The van der Waals surface area contributed by atoms with Crippen molar-refractivity contribution in [1.29, 1.82) is 5.26 Å². The SMILES string of the molecule is CN1CCCN(c2ccc(CBr)cc2C#N)CC1. The van der Waals surface area contributed by atoms with Gasteiger partial charge in [-0.25, -0.2) is 0 Å². The lowest BCUT2D eigenvalue weighted by molar-refractivity contribution is 0.360. The number of hydrogen-bond donors (Lipinski definition) is 0. The minimum atomic E-state index is 0.788. The van der Waals surface area contributed by atoms with E-state index < -0.39 is 0 Å². The standard InChI is InChI=1S/C14H18BrN3/c1-17-5-2-6-18(8-7-17)14-4-3-12(10-15)9-13(14)11-16/h3-4,9H,2,5-8,10H2,1H3. The molecule has 0 aliphatic carbocycles. The lowest BCUT2D eigenvalue weighted by Gasteiger charge is -2.24. The molecule has 2 rings (SSSR count). The van der Waals surface area contributed by atoms with E-state index in [1.54, 1.807) is 0 Å². The number of likely N-dealkylation sites (N-methyl/N-ethyl adjacent to an activating group) is 1. The average Bonchev–Trinajstić information content (AvgIpc) is 2.62. The molecule has 96 valence electrons. The van der Waals surface area contributed by atoms with E-state index in [0.29, 0.717) is 0 Å². The van der Waals surface area contributed by atoms with Gasteiger partial charge in [-0.2, -0.15) is 5.26 Å². The van der Waals surface area contributed by atoms with Gasteiger partial charge in [-0.15, -0.1) is 0 Å². The van der Waals surface area contributed by atoms with Crippen LogP contribution in [0.3, 0.4) is 0 Å². The smallest absolute Gasteiger partial charge is 0.101 e. The van der Waals surface area contributed by atoms with Crippen molar-refractivity contribution in [2.24, 2.45) is 0 Å². The first kappa shape index (κ1) is 13.4. The van der Waals surface area contributed by atoms with Crippen molar-refractivity contribution in [3.63, 3.8) is 0 Å². The molecule has 0 bridgehead atoms. The Morgan fingerprint density at radius 2 is 2.11 bits per heavy atom. The van der Waals surface area contributed by atoms with Gasteiger partial charge in [-0.3, -0.25) is 0 Å². The van der Waals surface area contributed by atoms with E-state index in [4.69, 9.17) is 0 Å². The van der Waals surface area contributed by atoms with Crippen LogP contribution in [0.4, 0.5) is 5.69 Å². The Kier molecular flexibility index (Phi) is 4.62. The van der Waals surface area contributed by atoms with E-state index in [9.17, 15) is 5.26 Å². The third-order valence-electron chi connectivity index (χ3n) is 3.40. The number of halogens is 1. The van der Waals surface area contributed by atoms with Crippen LogP contribution in [-0.4, -0.2) is 38.1 Å². The molecule has 1 aromatic rings. The van der Waals surface area contributed by atoms with Gasteiger partial charge in [0, 0.05) is 25.0 Å². The summed E-state index contributed by atoms with van der Waals surface area (Å²) in [6.07, 6.45) is 1.15. The Bertz CT molecular complexity index is 453. The highest BCUT2D eigenvalue weighted by atomic mass is 79.9. The molecule has 3 nitrogen and oxygen atoms in total. The van der Waals surface area contributed by atoms with Crippen LogP contribution in [0.25, 0.3) is 0 Å². The molecule has 1 saturated heterocycles. The van der Waals surface area contributed by atoms with Gasteiger partial charge in [0.15, 0.2) is 0 Å². The maximum Gasteiger partial charge on any atom is 0.101 e. The van der Waals surface area contributed by atoms with Crippen molar-refractivity contribution < 1.29 is 0 Å². The molecule has 0 spiro atoms. The second-order valence-corrected chi connectivity index (χ2v) is 5.30. The van der Waals surface area contributed by atoms with E-state index in [0.717, 1.165) is 54.7 Å². The molecule has 0 unspecified atom stereocenters. The molecule has 18 heavy (non-hydrogen) atoms. The third-order valence-corrected chi connectivity index (χ3v) is 4.04. The van der Waals surface area contributed by atoms with E-state index in [2.05, 4.69) is 51.0 Å². The largest absolute Gasteiger partial charge is 0.369 e. The number of nitrogens with zero attached hydrogens (tertiary/aromatic N) is 3. The maximum absolute atomic E-state index is 9.29. The lowest BCUT2D eigenvalue weighted by Crippen LogP contribution is -2.29. The van der Waals surface area contributed by atoms with Gasteiger partial charge in [0.25, 0.3) is 0 Å². The van der Waals surface area contributed by atoms with Gasteiger partial charge in [0.1, 0.15) is 6.07 Å². The summed E-state index contributed by atoms with van der Waals surface area (Å²) < 4.78 is 0. The first-order valence-corrected chi connectivity index (χ1v) is 7.39. The number of nitriles is 1. The highest BCUT2D eigenvalue weighted by molar-refractivity contribution is 9.08. The van der Waals surface area contributed by atoms with Crippen LogP contribution in [0.2, 0.25) is 0 Å². The number of hydrogen-bond acceptors (Lipinski definition) is 3. The molecule has 0 N–H and O–H groups in total. The zero-order valence-electron chi connectivity index (χ0n) is 10.7. The third kappa shape index (κ3) is 3.04. The average molecular weight is 308 g/mol. The molecule has 4 heteroatoms. The van der Waals surface area contributed by atoms with Crippen molar-refractivity contribution in [2.75, 3.05) is 38.1 Å². The van der Waals surface area contributed by atoms with Gasteiger partial charge in [-0.05, 0) is 37.7 Å². The molecule has 0 amide bonds. The van der Waals surface area contributed by atoms with Gasteiger partial charge < -0.3 is 9.80 Å². The predicted molar refractivity (Wildman–Crippen MR) is 78.1 cm³/mol. The summed E-state index contributed by atoms with van der Waals surface area (Å²) in [5.41, 5.74) is 3.02. The normalized spacial score (nSPS) is 17.3. The van der Waals surface area contributed by atoms with E-state index in [1.165, 1.54) is 0 Å². The fourth-order valence-electron chi connectivity index (χ4n) is 2.32. The minimum Gasteiger partial charge on any atom is -0.369 e. The van der Waals surface area contributed by atoms with E-state index in [-0.39, 0.29) is 0 Å². The van der Waals surface area contributed by atoms with Gasteiger partial charge in [0.05, 0.1) is 11.3 Å². The number of rotatable bonds is 2. The quantitative estimate of drug-likeness (QED) is 0.787. The molecule has 1 aliphatic heterocycles. The molecular weight excluding hydrogens is 290 g/mol. The van der Waals surface area contributed by atoms with E-state index in [1.807, 2.05) is 6.07 Å². The van der Waals surface area contributed by atoms with Crippen LogP contribution in [0.1, 0.15) is 17.5 Å². The Balaban J connectivity index is 2.24. The summed E-state index contributed by atoms with van der Waals surface area (Å²) in [6, 6.07) is 8.49. The van der Waals surface area contributed by atoms with Gasteiger partial charge in [0.2, 0.25) is 0 Å². The summed E-state index contributed by atoms with van der Waals surface area (Å²) in [7, 11) is 2.16. The first-order chi connectivity index (χ1) is 8.74. The highest BCUT2D eigenvalue weighted by Gasteiger charge is 2.15. The summed E-state index contributed by atoms with van der Waals surface area (Å²) >= 11 is 3.43. The molecule has 0 saturated carbocycles. The van der Waals surface area contributed by atoms with Crippen LogP contribution in [-0.2, 0) is 5.33 Å². The van der Waals surface area contributed by atoms with Crippen LogP contribution in [0, 0.1) is 11.3 Å². The Morgan fingerprint density at radius 3 is 2.83 bits per heavy atom. The van der Waals surface area contributed by atoms with Crippen LogP contribution in [0.15, 0.2) is 18.2 Å². The molecule has 1 heterocycles. The summed E-state index contributed by atoms with van der Waals surface area (Å²) in [5, 5.41) is 10.1. The second-order valence-electron chi connectivity index (χ2n) is 4.74. The number of anilines is 1. The van der Waals surface area contributed by atoms with Crippen molar-refractivity contribution in [1.82, 2.24) is 4.90 Å². The Hall–Kier alpha value is -1.05. The van der Waals surface area contributed by atoms with Crippen molar-refractivity contribution >= 4 is 21.6 Å². The Morgan fingerprint density at radius 1 is 1.28 bits per heavy atom. The molecule has 0 radical (unpaired) electrons. The summed E-state index contributed by atoms with van der Waals surface area (Å²) in [4.78, 5) is 4.68. The molecule has 0 atom stereocenters. The summed E-state index contributed by atoms with van der Waals surface area (Å²) in [6.45, 7) is 4.23. The summed E-state index contributed by atoms with van der Waals surface area (Å²) in [5.74, 6) is 0. The monoisotopic (exact) mass is 307 g/mol. The highest BCUT2D eigenvalue weighted by Crippen LogP contribution is 2.23. The van der Waals surface area contributed by atoms with Crippen molar-refractivity contribution in [3.8, 4) is 6.07 Å². The topological polar surface area (TPSA) is 30.3 Å². The second kappa shape index (κ2) is 6.21. The number of alkyl halides is 1. The molecule has 1 aromatic carbocycles. The van der Waals surface area contributed by atoms with E-state index >= 15 is 0 Å². The number of benzene rings is 1. The predicted octanol–water partition coefficient (Wildman–Crippen LogP) is 2.60. The molecule has 1 fully saturated rings. The fourth-order valence-corrected chi connectivity index (χ4v) is 2.67. The maximum atomic E-state index is 9.29. The van der Waals surface area contributed by atoms with Gasteiger partial charge in [-0.1, -0.05) is 22.0 Å². The molecule has 0 aromatic heterocycles. The molecular formula is C14H18BrN3. The van der Waals surface area contributed by atoms with Crippen molar-refractivity contribution in [2.45, 2.75) is 11.8 Å². The first-order valence-electron chi connectivity index (χ1n) is 6.27. The van der Waals surface area contributed by atoms with Crippen LogP contribution in [0.5, 0.6) is 0 Å². The molecule has 1 aliphatic rings. The zero-order chi connectivity index (χ0) is 13.0. The van der Waals surface area contributed by atoms with Gasteiger partial charge >= 0.3 is 0 Å². The Labute approximate surface area is 117 Å². The van der Waals surface area contributed by atoms with Crippen LogP contribution < -0.4 is 4.90 Å². The van der Waals surface area contributed by atoms with Crippen LogP contribution >= 0.6 is 15.9 Å².